The van der Waals surface area contributed by atoms with Crippen LogP contribution in [0.15, 0.2) is 34.7 Å². The molecular weight excluding hydrogens is 246 g/mol. The van der Waals surface area contributed by atoms with Crippen molar-refractivity contribution in [2.45, 2.75) is 36.2 Å². The van der Waals surface area contributed by atoms with Gasteiger partial charge in [-0.2, -0.15) is 0 Å². The number of hydrogen-bond donors (Lipinski definition) is 1. The molecule has 0 spiro atoms. The van der Waals surface area contributed by atoms with Gasteiger partial charge in [0.2, 0.25) is 0 Å². The van der Waals surface area contributed by atoms with Crippen LogP contribution in [0.5, 0.6) is 0 Å². The molecule has 0 aliphatic rings. The van der Waals surface area contributed by atoms with Crippen molar-refractivity contribution in [1.29, 1.82) is 0 Å². The van der Waals surface area contributed by atoms with E-state index in [1.54, 1.807) is 12.3 Å². The van der Waals surface area contributed by atoms with Gasteiger partial charge in [-0.1, -0.05) is 20.8 Å². The highest BCUT2D eigenvalue weighted by atomic mass is 32.2. The number of nitrogens with two attached hydrogens (primary N) is 1. The van der Waals surface area contributed by atoms with Crippen LogP contribution >= 0.6 is 11.8 Å². The van der Waals surface area contributed by atoms with Gasteiger partial charge in [0.15, 0.2) is 0 Å². The quantitative estimate of drug-likeness (QED) is 0.836. The third-order valence-corrected chi connectivity index (χ3v) is 3.03. The third-order valence-electron chi connectivity index (χ3n) is 2.16. The van der Waals surface area contributed by atoms with Gasteiger partial charge in [-0.15, -0.1) is 0 Å². The number of rotatable bonds is 2. The van der Waals surface area contributed by atoms with Gasteiger partial charge in [-0.3, -0.25) is 0 Å². The average Bonchev–Trinajstić information content (AvgIpc) is 2.28. The molecule has 2 aromatic rings. The maximum Gasteiger partial charge on any atom is 0.137 e. The highest BCUT2D eigenvalue weighted by Crippen LogP contribution is 2.27. The van der Waals surface area contributed by atoms with Crippen LogP contribution < -0.4 is 5.73 Å². The van der Waals surface area contributed by atoms with Crippen LogP contribution in [-0.2, 0) is 5.41 Å². The normalized spacial score (nSPS) is 11.5. The summed E-state index contributed by atoms with van der Waals surface area (Å²) in [6.07, 6.45) is 3.21. The average molecular weight is 261 g/mol. The standard InChI is InChI=1S/C12H15N5S/c1-12(2,3)11-16-8(13)6-10(17-11)18-9-4-5-14-7-15-9/h4-7H,1-3H3,(H2,13,16,17). The van der Waals surface area contributed by atoms with Gasteiger partial charge >= 0.3 is 0 Å². The molecule has 5 nitrogen and oxygen atoms in total. The fourth-order valence-electron chi connectivity index (χ4n) is 1.28. The Morgan fingerprint density at radius 1 is 1.17 bits per heavy atom. The number of anilines is 1. The first kappa shape index (κ1) is 12.8. The van der Waals surface area contributed by atoms with Crippen LogP contribution in [0.2, 0.25) is 0 Å². The van der Waals surface area contributed by atoms with Crippen molar-refractivity contribution < 1.29 is 0 Å². The zero-order chi connectivity index (χ0) is 13.2. The number of nitrogens with zero attached hydrogens (tertiary/aromatic N) is 4. The smallest absolute Gasteiger partial charge is 0.137 e. The summed E-state index contributed by atoms with van der Waals surface area (Å²) in [6, 6.07) is 3.59. The molecule has 0 saturated heterocycles. The Morgan fingerprint density at radius 2 is 1.94 bits per heavy atom. The molecular formula is C12H15N5S. The maximum absolute atomic E-state index is 5.81. The van der Waals surface area contributed by atoms with Crippen LogP contribution in [0.1, 0.15) is 26.6 Å². The molecule has 2 heterocycles. The molecule has 0 aromatic carbocycles. The van der Waals surface area contributed by atoms with Crippen molar-refractivity contribution in [3.05, 3.63) is 30.5 Å². The Balaban J connectivity index is 2.32. The van der Waals surface area contributed by atoms with Gasteiger partial charge in [0, 0.05) is 17.7 Å². The summed E-state index contributed by atoms with van der Waals surface area (Å²) in [5.74, 6) is 1.21. The van der Waals surface area contributed by atoms with E-state index in [1.807, 2.05) is 6.07 Å². The minimum Gasteiger partial charge on any atom is -0.384 e. The second-order valence-electron chi connectivity index (χ2n) is 4.85. The first-order valence-electron chi connectivity index (χ1n) is 5.54. The van der Waals surface area contributed by atoms with E-state index in [-0.39, 0.29) is 5.41 Å². The third kappa shape index (κ3) is 3.16. The SMILES string of the molecule is CC(C)(C)c1nc(N)cc(Sc2ccncn2)n1. The van der Waals surface area contributed by atoms with E-state index in [2.05, 4.69) is 40.7 Å². The van der Waals surface area contributed by atoms with E-state index in [0.29, 0.717) is 5.82 Å². The number of hydrogen-bond acceptors (Lipinski definition) is 6. The summed E-state index contributed by atoms with van der Waals surface area (Å²) >= 11 is 1.45. The van der Waals surface area contributed by atoms with Gasteiger partial charge in [-0.05, 0) is 17.8 Å². The van der Waals surface area contributed by atoms with Crippen LogP contribution in [-0.4, -0.2) is 19.9 Å². The summed E-state index contributed by atoms with van der Waals surface area (Å²) in [7, 11) is 0. The van der Waals surface area contributed by atoms with E-state index in [0.717, 1.165) is 15.9 Å². The van der Waals surface area contributed by atoms with Crippen molar-refractivity contribution in [2.24, 2.45) is 0 Å². The van der Waals surface area contributed by atoms with E-state index in [4.69, 9.17) is 5.73 Å². The van der Waals surface area contributed by atoms with Gasteiger partial charge in [0.05, 0.1) is 0 Å². The van der Waals surface area contributed by atoms with Gasteiger partial charge < -0.3 is 5.73 Å². The second kappa shape index (κ2) is 4.89. The summed E-state index contributed by atoms with van der Waals surface area (Å²) in [4.78, 5) is 16.8. The molecule has 2 aromatic heterocycles. The summed E-state index contributed by atoms with van der Waals surface area (Å²) < 4.78 is 0. The van der Waals surface area contributed by atoms with Crippen molar-refractivity contribution in [3.63, 3.8) is 0 Å². The molecule has 0 fully saturated rings. The molecule has 0 unspecified atom stereocenters. The van der Waals surface area contributed by atoms with Crippen LogP contribution in [0, 0.1) is 0 Å². The molecule has 0 aliphatic heterocycles. The largest absolute Gasteiger partial charge is 0.384 e. The van der Waals surface area contributed by atoms with Crippen LogP contribution in [0.4, 0.5) is 5.82 Å². The first-order valence-corrected chi connectivity index (χ1v) is 6.36. The molecule has 0 atom stereocenters. The Labute approximate surface area is 110 Å². The second-order valence-corrected chi connectivity index (χ2v) is 5.90. The van der Waals surface area contributed by atoms with Crippen LogP contribution in [0.3, 0.4) is 0 Å². The van der Waals surface area contributed by atoms with Crippen LogP contribution in [0.25, 0.3) is 0 Å². The zero-order valence-electron chi connectivity index (χ0n) is 10.6. The summed E-state index contributed by atoms with van der Waals surface area (Å²) in [5, 5.41) is 1.63. The minimum absolute atomic E-state index is 0.129. The Bertz CT molecular complexity index is 536. The van der Waals surface area contributed by atoms with Gasteiger partial charge in [0.25, 0.3) is 0 Å². The lowest BCUT2D eigenvalue weighted by Gasteiger charge is -2.17. The number of aromatic nitrogens is 4. The predicted octanol–water partition coefficient (Wildman–Crippen LogP) is 2.30. The Kier molecular flexibility index (Phi) is 3.47. The van der Waals surface area contributed by atoms with E-state index >= 15 is 0 Å². The zero-order valence-corrected chi connectivity index (χ0v) is 11.4. The fourth-order valence-corrected chi connectivity index (χ4v) is 2.03. The Hall–Kier alpha value is -1.69. The molecule has 2 N–H and O–H groups in total. The van der Waals surface area contributed by atoms with Gasteiger partial charge in [0.1, 0.15) is 28.0 Å². The molecule has 94 valence electrons. The Morgan fingerprint density at radius 3 is 2.56 bits per heavy atom. The molecule has 0 bridgehead atoms. The lowest BCUT2D eigenvalue weighted by Crippen LogP contribution is -2.17. The van der Waals surface area contributed by atoms with E-state index in [9.17, 15) is 0 Å². The highest BCUT2D eigenvalue weighted by Gasteiger charge is 2.19. The molecule has 6 heteroatoms. The molecule has 0 amide bonds. The van der Waals surface area contributed by atoms with E-state index in [1.165, 1.54) is 18.1 Å². The van der Waals surface area contributed by atoms with Crippen molar-refractivity contribution in [3.8, 4) is 0 Å². The fraction of sp³-hybridized carbons (Fsp3) is 0.333. The minimum atomic E-state index is -0.129. The highest BCUT2D eigenvalue weighted by molar-refractivity contribution is 7.99. The number of nitrogen functional groups attached to an aromatic ring is 1. The lowest BCUT2D eigenvalue weighted by molar-refractivity contribution is 0.539. The maximum atomic E-state index is 5.81. The molecule has 0 radical (unpaired) electrons. The monoisotopic (exact) mass is 261 g/mol. The predicted molar refractivity (Wildman–Crippen MR) is 71.3 cm³/mol. The molecule has 2 rings (SSSR count). The van der Waals surface area contributed by atoms with Crippen molar-refractivity contribution in [2.75, 3.05) is 5.73 Å². The lowest BCUT2D eigenvalue weighted by atomic mass is 9.96. The van der Waals surface area contributed by atoms with Gasteiger partial charge in [-0.25, -0.2) is 19.9 Å². The summed E-state index contributed by atoms with van der Waals surface area (Å²) in [5.41, 5.74) is 5.68. The summed E-state index contributed by atoms with van der Waals surface area (Å²) in [6.45, 7) is 6.17. The topological polar surface area (TPSA) is 77.6 Å². The van der Waals surface area contributed by atoms with E-state index < -0.39 is 0 Å². The van der Waals surface area contributed by atoms with Crippen molar-refractivity contribution >= 4 is 17.6 Å². The first-order chi connectivity index (χ1) is 8.45. The molecule has 0 aliphatic carbocycles. The molecule has 18 heavy (non-hydrogen) atoms. The molecule has 0 saturated carbocycles. The van der Waals surface area contributed by atoms with Crippen molar-refractivity contribution in [1.82, 2.24) is 19.9 Å².